The van der Waals surface area contributed by atoms with Gasteiger partial charge in [-0.1, -0.05) is 24.8 Å². The zero-order chi connectivity index (χ0) is 21.7. The van der Waals surface area contributed by atoms with Crippen LogP contribution in [0, 0.1) is 0 Å². The van der Waals surface area contributed by atoms with Gasteiger partial charge >= 0.3 is 5.97 Å². The molecule has 6 nitrogen and oxygen atoms in total. The number of carbonyl (C=O) groups excluding carboxylic acids is 1. The number of hydrogen-bond donors (Lipinski definition) is 0. The van der Waals surface area contributed by atoms with E-state index in [-0.39, 0.29) is 0 Å². The number of ether oxygens (including phenoxy) is 3. The summed E-state index contributed by atoms with van der Waals surface area (Å²) in [5.74, 6) is 0.286. The average Bonchev–Trinajstić information content (AvgIpc) is 3.04. The molecule has 4 aromatic rings. The van der Waals surface area contributed by atoms with E-state index in [1.807, 2.05) is 30.3 Å². The van der Waals surface area contributed by atoms with Gasteiger partial charge in [-0.15, -0.1) is 0 Å². The largest absolute Gasteiger partial charge is 0.493 e. The monoisotopic (exact) mass is 414 g/mol. The Labute approximate surface area is 179 Å². The third-order valence-electron chi connectivity index (χ3n) is 6.06. The Morgan fingerprint density at radius 2 is 1.81 bits per heavy atom. The summed E-state index contributed by atoms with van der Waals surface area (Å²) in [7, 11) is 4.58. The van der Waals surface area contributed by atoms with Crippen molar-refractivity contribution in [1.29, 1.82) is 0 Å². The fourth-order valence-corrected chi connectivity index (χ4v) is 4.67. The van der Waals surface area contributed by atoms with Crippen LogP contribution in [-0.4, -0.2) is 36.8 Å². The summed E-state index contributed by atoms with van der Waals surface area (Å²) in [4.78, 5) is 17.3. The van der Waals surface area contributed by atoms with Gasteiger partial charge in [0.25, 0.3) is 0 Å². The minimum Gasteiger partial charge on any atom is -0.493 e. The van der Waals surface area contributed by atoms with Crippen LogP contribution in [0.5, 0.6) is 11.5 Å². The molecule has 0 N–H and O–H groups in total. The highest BCUT2D eigenvalue weighted by molar-refractivity contribution is 6.09. The fraction of sp³-hybridized carbons (Fsp3) is 0.200. The van der Waals surface area contributed by atoms with Gasteiger partial charge in [-0.3, -0.25) is 4.98 Å². The number of benzene rings is 2. The topological polar surface area (TPSA) is 62.6 Å². The standard InChI is InChI=1S/C25H22N2O4/c1-14(25(28)31-4)22-18-12-21(30-3)20(29-2)11-15(18)13-27-19-8-6-5-7-16(19)17-9-10-26-23(22)24(17)27/h5-12,22H,1,13H2,2-4H3. The molecule has 3 heterocycles. The van der Waals surface area contributed by atoms with Crippen molar-refractivity contribution in [2.75, 3.05) is 21.3 Å². The van der Waals surface area contributed by atoms with Crippen molar-refractivity contribution in [1.82, 2.24) is 9.55 Å². The predicted octanol–water partition coefficient (Wildman–Crippen LogP) is 4.43. The van der Waals surface area contributed by atoms with E-state index in [0.717, 1.165) is 38.6 Å². The number of methoxy groups -OCH3 is 3. The summed E-state index contributed by atoms with van der Waals surface area (Å²) in [6.45, 7) is 4.71. The van der Waals surface area contributed by atoms with E-state index in [1.165, 1.54) is 7.11 Å². The van der Waals surface area contributed by atoms with Crippen LogP contribution in [0.15, 0.2) is 60.8 Å². The number of fused-ring (bicyclic) bond motifs is 4. The van der Waals surface area contributed by atoms with E-state index in [0.29, 0.717) is 23.6 Å². The van der Waals surface area contributed by atoms with Crippen molar-refractivity contribution in [3.05, 3.63) is 77.6 Å². The second kappa shape index (κ2) is 7.16. The fourth-order valence-electron chi connectivity index (χ4n) is 4.67. The van der Waals surface area contributed by atoms with Gasteiger partial charge in [-0.2, -0.15) is 0 Å². The van der Waals surface area contributed by atoms with Gasteiger partial charge in [0.2, 0.25) is 0 Å². The van der Waals surface area contributed by atoms with Crippen LogP contribution in [0.1, 0.15) is 22.7 Å². The Hall–Kier alpha value is -3.80. The smallest absolute Gasteiger partial charge is 0.334 e. The number of rotatable bonds is 4. The Morgan fingerprint density at radius 1 is 1.06 bits per heavy atom. The second-order valence-electron chi connectivity index (χ2n) is 7.55. The molecule has 1 aliphatic rings. The van der Waals surface area contributed by atoms with Crippen LogP contribution < -0.4 is 9.47 Å². The molecule has 1 unspecified atom stereocenters. The lowest BCUT2D eigenvalue weighted by Crippen LogP contribution is -2.16. The summed E-state index contributed by atoms with van der Waals surface area (Å²) >= 11 is 0. The molecule has 1 atom stereocenters. The maximum atomic E-state index is 12.6. The number of nitrogens with zero attached hydrogens (tertiary/aromatic N) is 2. The number of esters is 1. The number of aromatic nitrogens is 2. The van der Waals surface area contributed by atoms with Crippen LogP contribution in [0.4, 0.5) is 0 Å². The van der Waals surface area contributed by atoms with E-state index < -0.39 is 11.9 Å². The number of carbonyl (C=O) groups is 1. The van der Waals surface area contributed by atoms with Gasteiger partial charge in [0.05, 0.1) is 38.5 Å². The molecule has 156 valence electrons. The van der Waals surface area contributed by atoms with Gasteiger partial charge in [0, 0.05) is 34.6 Å². The number of hydrogen-bond acceptors (Lipinski definition) is 5. The highest BCUT2D eigenvalue weighted by Gasteiger charge is 2.33. The molecule has 6 heteroatoms. The predicted molar refractivity (Wildman–Crippen MR) is 119 cm³/mol. The van der Waals surface area contributed by atoms with Gasteiger partial charge in [-0.05, 0) is 35.4 Å². The van der Waals surface area contributed by atoms with Crippen LogP contribution in [0.25, 0.3) is 21.8 Å². The first kappa shape index (κ1) is 19.2. The van der Waals surface area contributed by atoms with Crippen molar-refractivity contribution < 1.29 is 19.0 Å². The zero-order valence-corrected chi connectivity index (χ0v) is 17.6. The average molecular weight is 414 g/mol. The minimum absolute atomic E-state index is 0.328. The molecule has 0 saturated carbocycles. The Kier molecular flexibility index (Phi) is 4.43. The Balaban J connectivity index is 1.91. The quantitative estimate of drug-likeness (QED) is 0.365. The lowest BCUT2D eigenvalue weighted by Gasteiger charge is -2.21. The van der Waals surface area contributed by atoms with Gasteiger partial charge in [0.15, 0.2) is 11.5 Å². The van der Waals surface area contributed by atoms with Crippen molar-refractivity contribution in [3.8, 4) is 11.5 Å². The van der Waals surface area contributed by atoms with Gasteiger partial charge in [-0.25, -0.2) is 4.79 Å². The van der Waals surface area contributed by atoms with Crippen LogP contribution in [0.3, 0.4) is 0 Å². The summed E-state index contributed by atoms with van der Waals surface area (Å²) < 4.78 is 18.4. The Bertz CT molecular complexity index is 1370. The number of para-hydroxylation sites is 1. The highest BCUT2D eigenvalue weighted by atomic mass is 16.5. The summed E-state index contributed by atoms with van der Waals surface area (Å²) in [5, 5.41) is 2.24. The van der Waals surface area contributed by atoms with Crippen molar-refractivity contribution in [3.63, 3.8) is 0 Å². The number of pyridine rings is 1. The molecule has 0 radical (unpaired) electrons. The maximum absolute atomic E-state index is 12.6. The van der Waals surface area contributed by atoms with E-state index in [1.54, 1.807) is 20.4 Å². The molecular weight excluding hydrogens is 392 g/mol. The molecule has 0 amide bonds. The van der Waals surface area contributed by atoms with Crippen LogP contribution >= 0.6 is 0 Å². The third kappa shape index (κ3) is 2.71. The summed E-state index contributed by atoms with van der Waals surface area (Å²) in [5.41, 5.74) is 5.11. The van der Waals surface area contributed by atoms with Crippen LogP contribution in [0.2, 0.25) is 0 Å². The first-order valence-corrected chi connectivity index (χ1v) is 9.96. The SMILES string of the molecule is C=C(C(=O)OC)C1c2cc(OC)c(OC)cc2Cn2c3ccccc3c3ccnc1c32. The first-order chi connectivity index (χ1) is 15.1. The summed E-state index contributed by atoms with van der Waals surface area (Å²) in [6, 6.07) is 14.2. The van der Waals surface area contributed by atoms with E-state index >= 15 is 0 Å². The molecule has 5 rings (SSSR count). The van der Waals surface area contributed by atoms with Gasteiger partial charge < -0.3 is 18.8 Å². The molecule has 2 aromatic heterocycles. The molecule has 0 aliphatic carbocycles. The van der Waals surface area contributed by atoms with Crippen LogP contribution in [-0.2, 0) is 16.1 Å². The maximum Gasteiger partial charge on any atom is 0.334 e. The van der Waals surface area contributed by atoms with Crippen molar-refractivity contribution >= 4 is 27.8 Å². The lowest BCUT2D eigenvalue weighted by atomic mass is 9.85. The highest BCUT2D eigenvalue weighted by Crippen LogP contribution is 2.45. The molecule has 1 aliphatic heterocycles. The van der Waals surface area contributed by atoms with Gasteiger partial charge in [0.1, 0.15) is 0 Å². The zero-order valence-electron chi connectivity index (χ0n) is 17.6. The third-order valence-corrected chi connectivity index (χ3v) is 6.06. The van der Waals surface area contributed by atoms with E-state index in [2.05, 4.69) is 23.3 Å². The summed E-state index contributed by atoms with van der Waals surface area (Å²) in [6.07, 6.45) is 1.79. The van der Waals surface area contributed by atoms with E-state index in [4.69, 9.17) is 19.2 Å². The molecule has 0 saturated heterocycles. The molecule has 0 spiro atoms. The molecular formula is C25H22N2O4. The first-order valence-electron chi connectivity index (χ1n) is 9.96. The molecule has 0 bridgehead atoms. The lowest BCUT2D eigenvalue weighted by molar-refractivity contribution is -0.136. The van der Waals surface area contributed by atoms with Crippen molar-refractivity contribution in [2.45, 2.75) is 12.5 Å². The Morgan fingerprint density at radius 3 is 2.55 bits per heavy atom. The second-order valence-corrected chi connectivity index (χ2v) is 7.55. The molecule has 2 aromatic carbocycles. The molecule has 31 heavy (non-hydrogen) atoms. The van der Waals surface area contributed by atoms with Crippen molar-refractivity contribution in [2.24, 2.45) is 0 Å². The normalized spacial score (nSPS) is 14.7. The molecule has 0 fully saturated rings. The van der Waals surface area contributed by atoms with E-state index in [9.17, 15) is 4.79 Å². The minimum atomic E-state index is -0.475.